The first kappa shape index (κ1) is 10.6. The molecule has 0 bridgehead atoms. The molecule has 0 heterocycles. The van der Waals surface area contributed by atoms with Crippen molar-refractivity contribution in [2.24, 2.45) is 0 Å². The lowest BCUT2D eigenvalue weighted by Gasteiger charge is -2.25. The van der Waals surface area contributed by atoms with Gasteiger partial charge >= 0.3 is 5.97 Å². The third-order valence-electron chi connectivity index (χ3n) is 2.58. The molecule has 0 aromatic rings. The Bertz CT molecular complexity index is 150. The van der Waals surface area contributed by atoms with Crippen molar-refractivity contribution in [1.29, 1.82) is 0 Å². The SMILES string of the molecule is CCCCCCC(=O)OC1CCC1. The second kappa shape index (κ2) is 6.01. The smallest absolute Gasteiger partial charge is 0.306 e. The van der Waals surface area contributed by atoms with Gasteiger partial charge in [0.15, 0.2) is 0 Å². The van der Waals surface area contributed by atoms with Crippen LogP contribution < -0.4 is 0 Å². The topological polar surface area (TPSA) is 26.3 Å². The van der Waals surface area contributed by atoms with Crippen LogP contribution in [0.1, 0.15) is 58.3 Å². The van der Waals surface area contributed by atoms with Crippen LogP contribution in [-0.4, -0.2) is 12.1 Å². The van der Waals surface area contributed by atoms with Gasteiger partial charge in [0.1, 0.15) is 6.10 Å². The minimum absolute atomic E-state index is 0.0146. The molecule has 0 aliphatic heterocycles. The second-order valence-corrected chi connectivity index (χ2v) is 3.85. The molecular formula is C11H20O2. The van der Waals surface area contributed by atoms with E-state index in [9.17, 15) is 4.79 Å². The van der Waals surface area contributed by atoms with Crippen LogP contribution in [0.5, 0.6) is 0 Å². The minimum atomic E-state index is 0.0146. The molecule has 1 aliphatic carbocycles. The van der Waals surface area contributed by atoms with Gasteiger partial charge < -0.3 is 4.74 Å². The molecule has 2 heteroatoms. The van der Waals surface area contributed by atoms with Crippen LogP contribution in [0.3, 0.4) is 0 Å². The van der Waals surface area contributed by atoms with E-state index in [1.807, 2.05) is 0 Å². The van der Waals surface area contributed by atoms with E-state index >= 15 is 0 Å². The second-order valence-electron chi connectivity index (χ2n) is 3.85. The third-order valence-corrected chi connectivity index (χ3v) is 2.58. The van der Waals surface area contributed by atoms with E-state index in [2.05, 4.69) is 6.92 Å². The maximum atomic E-state index is 11.2. The van der Waals surface area contributed by atoms with E-state index in [0.29, 0.717) is 6.42 Å². The summed E-state index contributed by atoms with van der Waals surface area (Å²) in [5.41, 5.74) is 0. The van der Waals surface area contributed by atoms with E-state index in [1.54, 1.807) is 0 Å². The molecule has 0 radical (unpaired) electrons. The third kappa shape index (κ3) is 4.30. The summed E-state index contributed by atoms with van der Waals surface area (Å²) in [5, 5.41) is 0. The highest BCUT2D eigenvalue weighted by atomic mass is 16.5. The highest BCUT2D eigenvalue weighted by Crippen LogP contribution is 2.22. The van der Waals surface area contributed by atoms with Gasteiger partial charge in [-0.2, -0.15) is 0 Å². The number of ether oxygens (including phenoxy) is 1. The number of carbonyl (C=O) groups is 1. The molecule has 0 N–H and O–H groups in total. The number of carbonyl (C=O) groups excluding carboxylic acids is 1. The summed E-state index contributed by atoms with van der Waals surface area (Å²) in [7, 11) is 0. The van der Waals surface area contributed by atoms with Crippen molar-refractivity contribution in [2.75, 3.05) is 0 Å². The standard InChI is InChI=1S/C11H20O2/c1-2-3-4-5-9-11(12)13-10-7-6-8-10/h10H,2-9H2,1H3. The Morgan fingerprint density at radius 3 is 2.62 bits per heavy atom. The molecule has 1 saturated carbocycles. The maximum Gasteiger partial charge on any atom is 0.306 e. The summed E-state index contributed by atoms with van der Waals surface area (Å²) >= 11 is 0. The summed E-state index contributed by atoms with van der Waals surface area (Å²) in [4.78, 5) is 11.2. The van der Waals surface area contributed by atoms with E-state index in [4.69, 9.17) is 4.74 Å². The fourth-order valence-corrected chi connectivity index (χ4v) is 1.43. The van der Waals surface area contributed by atoms with Gasteiger partial charge in [0, 0.05) is 6.42 Å². The average molecular weight is 184 g/mol. The predicted molar refractivity (Wildman–Crippen MR) is 52.5 cm³/mol. The Labute approximate surface area is 80.7 Å². The summed E-state index contributed by atoms with van der Waals surface area (Å²) in [6.45, 7) is 2.17. The summed E-state index contributed by atoms with van der Waals surface area (Å²) in [6, 6.07) is 0. The first-order valence-electron chi connectivity index (χ1n) is 5.52. The molecule has 0 amide bonds. The van der Waals surface area contributed by atoms with Crippen LogP contribution in [0.15, 0.2) is 0 Å². The van der Waals surface area contributed by atoms with E-state index < -0.39 is 0 Å². The molecule has 1 rings (SSSR count). The van der Waals surface area contributed by atoms with Crippen molar-refractivity contribution < 1.29 is 9.53 Å². The van der Waals surface area contributed by atoms with E-state index in [-0.39, 0.29) is 12.1 Å². The molecular weight excluding hydrogens is 164 g/mol. The van der Waals surface area contributed by atoms with Crippen molar-refractivity contribution in [3.63, 3.8) is 0 Å². The van der Waals surface area contributed by atoms with Crippen molar-refractivity contribution in [3.8, 4) is 0 Å². The number of hydrogen-bond acceptors (Lipinski definition) is 2. The number of unbranched alkanes of at least 4 members (excludes halogenated alkanes) is 3. The number of esters is 1. The first-order chi connectivity index (χ1) is 6.33. The summed E-state index contributed by atoms with van der Waals surface area (Å²) in [5.74, 6) is 0.0146. The molecule has 0 aromatic heterocycles. The van der Waals surface area contributed by atoms with Gasteiger partial charge in [-0.25, -0.2) is 0 Å². The molecule has 0 unspecified atom stereocenters. The van der Waals surface area contributed by atoms with Gasteiger partial charge in [-0.05, 0) is 25.7 Å². The highest BCUT2D eigenvalue weighted by Gasteiger charge is 2.20. The van der Waals surface area contributed by atoms with Gasteiger partial charge in [0.25, 0.3) is 0 Å². The Morgan fingerprint density at radius 2 is 2.08 bits per heavy atom. The number of hydrogen-bond donors (Lipinski definition) is 0. The van der Waals surface area contributed by atoms with Gasteiger partial charge in [0.05, 0.1) is 0 Å². The summed E-state index contributed by atoms with van der Waals surface area (Å²) in [6.07, 6.45) is 8.90. The van der Waals surface area contributed by atoms with Gasteiger partial charge in [-0.1, -0.05) is 26.2 Å². The van der Waals surface area contributed by atoms with Crippen LogP contribution >= 0.6 is 0 Å². The van der Waals surface area contributed by atoms with Gasteiger partial charge in [-0.15, -0.1) is 0 Å². The molecule has 1 fully saturated rings. The largest absolute Gasteiger partial charge is 0.462 e. The predicted octanol–water partition coefficient (Wildman–Crippen LogP) is 3.05. The van der Waals surface area contributed by atoms with E-state index in [1.165, 1.54) is 19.3 Å². The summed E-state index contributed by atoms with van der Waals surface area (Å²) < 4.78 is 5.23. The lowest BCUT2D eigenvalue weighted by Crippen LogP contribution is -2.24. The Balaban J connectivity index is 1.91. The fraction of sp³-hybridized carbons (Fsp3) is 0.909. The maximum absolute atomic E-state index is 11.2. The average Bonchev–Trinajstić information content (AvgIpc) is 2.06. The Morgan fingerprint density at radius 1 is 1.31 bits per heavy atom. The lowest BCUT2D eigenvalue weighted by molar-refractivity contribution is -0.153. The van der Waals surface area contributed by atoms with Gasteiger partial charge in [-0.3, -0.25) is 4.79 Å². The molecule has 0 aromatic carbocycles. The zero-order valence-corrected chi connectivity index (χ0v) is 8.55. The van der Waals surface area contributed by atoms with Crippen molar-refractivity contribution in [3.05, 3.63) is 0 Å². The Kier molecular flexibility index (Phi) is 4.87. The zero-order valence-electron chi connectivity index (χ0n) is 8.55. The van der Waals surface area contributed by atoms with Crippen molar-refractivity contribution in [1.82, 2.24) is 0 Å². The molecule has 0 atom stereocenters. The fourth-order valence-electron chi connectivity index (χ4n) is 1.43. The van der Waals surface area contributed by atoms with Crippen LogP contribution in [0.2, 0.25) is 0 Å². The highest BCUT2D eigenvalue weighted by molar-refractivity contribution is 5.69. The Hall–Kier alpha value is -0.530. The minimum Gasteiger partial charge on any atom is -0.462 e. The van der Waals surface area contributed by atoms with Crippen LogP contribution in [-0.2, 0) is 9.53 Å². The van der Waals surface area contributed by atoms with Gasteiger partial charge in [0.2, 0.25) is 0 Å². The molecule has 1 aliphatic rings. The normalized spacial score (nSPS) is 16.7. The first-order valence-corrected chi connectivity index (χ1v) is 5.52. The molecule has 13 heavy (non-hydrogen) atoms. The quantitative estimate of drug-likeness (QED) is 0.468. The monoisotopic (exact) mass is 184 g/mol. The molecule has 76 valence electrons. The zero-order chi connectivity index (χ0) is 9.52. The number of rotatable bonds is 6. The van der Waals surface area contributed by atoms with Crippen LogP contribution in [0.4, 0.5) is 0 Å². The van der Waals surface area contributed by atoms with Crippen LogP contribution in [0.25, 0.3) is 0 Å². The van der Waals surface area contributed by atoms with Crippen molar-refractivity contribution >= 4 is 5.97 Å². The lowest BCUT2D eigenvalue weighted by atomic mass is 9.96. The molecule has 0 spiro atoms. The van der Waals surface area contributed by atoms with E-state index in [0.717, 1.165) is 25.7 Å². The molecule has 2 nitrogen and oxygen atoms in total. The molecule has 0 saturated heterocycles. The van der Waals surface area contributed by atoms with Crippen molar-refractivity contribution in [2.45, 2.75) is 64.4 Å². The van der Waals surface area contributed by atoms with Crippen LogP contribution in [0, 0.1) is 0 Å².